The zero-order valence-electron chi connectivity index (χ0n) is 13.1. The van der Waals surface area contributed by atoms with Gasteiger partial charge in [-0.25, -0.2) is 9.59 Å². The van der Waals surface area contributed by atoms with Crippen LogP contribution in [0.25, 0.3) is 11.0 Å². The Balaban J connectivity index is 2.10. The number of carbonyl (C=O) groups is 1. The van der Waals surface area contributed by atoms with E-state index in [4.69, 9.17) is 18.6 Å². The summed E-state index contributed by atoms with van der Waals surface area (Å²) in [6, 6.07) is 12.7. The molecule has 0 aliphatic heterocycles. The van der Waals surface area contributed by atoms with Gasteiger partial charge in [0.1, 0.15) is 11.3 Å². The van der Waals surface area contributed by atoms with Crippen molar-refractivity contribution in [3.05, 3.63) is 64.5 Å². The van der Waals surface area contributed by atoms with Gasteiger partial charge in [0.2, 0.25) is 0 Å². The van der Waals surface area contributed by atoms with Crippen LogP contribution in [-0.2, 0) is 0 Å². The molecule has 0 saturated heterocycles. The van der Waals surface area contributed by atoms with Gasteiger partial charge in [0.15, 0.2) is 11.5 Å². The first-order valence-electron chi connectivity index (χ1n) is 7.09. The average molecular weight is 326 g/mol. The Hall–Kier alpha value is -3.28. The van der Waals surface area contributed by atoms with Crippen molar-refractivity contribution in [2.24, 2.45) is 0 Å². The van der Waals surface area contributed by atoms with E-state index in [1.165, 1.54) is 20.3 Å². The van der Waals surface area contributed by atoms with Crippen molar-refractivity contribution < 1.29 is 23.4 Å². The van der Waals surface area contributed by atoms with Crippen molar-refractivity contribution >= 4 is 16.9 Å². The number of carbonyl (C=O) groups excluding carboxylic acids is 1. The number of hydrogen-bond acceptors (Lipinski definition) is 6. The van der Waals surface area contributed by atoms with Crippen LogP contribution >= 0.6 is 0 Å². The largest absolute Gasteiger partial charge is 0.493 e. The van der Waals surface area contributed by atoms with Crippen LogP contribution in [0.5, 0.6) is 17.2 Å². The summed E-state index contributed by atoms with van der Waals surface area (Å²) in [6.45, 7) is 0. The molecule has 0 spiro atoms. The molecule has 0 amide bonds. The molecule has 0 unspecified atom stereocenters. The lowest BCUT2D eigenvalue weighted by atomic mass is 10.2. The molecule has 6 heteroatoms. The van der Waals surface area contributed by atoms with Crippen LogP contribution in [0.2, 0.25) is 0 Å². The van der Waals surface area contributed by atoms with Gasteiger partial charge in [-0.2, -0.15) is 0 Å². The Kier molecular flexibility index (Phi) is 4.20. The maximum absolute atomic E-state index is 12.2. The van der Waals surface area contributed by atoms with Crippen LogP contribution in [0.3, 0.4) is 0 Å². The summed E-state index contributed by atoms with van der Waals surface area (Å²) < 4.78 is 20.9. The smallest absolute Gasteiger partial charge is 0.343 e. The number of methoxy groups -OCH3 is 2. The van der Waals surface area contributed by atoms with Gasteiger partial charge in [-0.3, -0.25) is 0 Å². The molecular weight excluding hydrogens is 312 g/mol. The Bertz CT molecular complexity index is 943. The Morgan fingerprint density at radius 1 is 0.917 bits per heavy atom. The van der Waals surface area contributed by atoms with Gasteiger partial charge in [-0.15, -0.1) is 0 Å². The molecule has 1 heterocycles. The Labute approximate surface area is 137 Å². The summed E-state index contributed by atoms with van der Waals surface area (Å²) >= 11 is 0. The number of fused-ring (bicyclic) bond motifs is 1. The van der Waals surface area contributed by atoms with E-state index in [9.17, 15) is 9.59 Å². The molecule has 3 aromatic rings. The molecule has 6 nitrogen and oxygen atoms in total. The second-order valence-electron chi connectivity index (χ2n) is 4.89. The summed E-state index contributed by atoms with van der Waals surface area (Å²) in [5.41, 5.74) is -0.0269. The molecule has 0 N–H and O–H groups in total. The molecule has 0 radical (unpaired) electrons. The van der Waals surface area contributed by atoms with E-state index in [2.05, 4.69) is 0 Å². The van der Waals surface area contributed by atoms with E-state index < -0.39 is 11.6 Å². The van der Waals surface area contributed by atoms with E-state index in [-0.39, 0.29) is 11.3 Å². The molecular formula is C18H14O6. The second-order valence-corrected chi connectivity index (χ2v) is 4.89. The van der Waals surface area contributed by atoms with Crippen molar-refractivity contribution in [1.29, 1.82) is 0 Å². The predicted octanol–water partition coefficient (Wildman–Crippen LogP) is 3.03. The fourth-order valence-corrected chi connectivity index (χ4v) is 2.28. The molecule has 0 bridgehead atoms. The summed E-state index contributed by atoms with van der Waals surface area (Å²) in [4.78, 5) is 24.0. The highest BCUT2D eigenvalue weighted by atomic mass is 16.5. The summed E-state index contributed by atoms with van der Waals surface area (Å²) in [7, 11) is 2.96. The third-order valence-electron chi connectivity index (χ3n) is 3.42. The summed E-state index contributed by atoms with van der Waals surface area (Å²) in [5.74, 6) is 0.351. The lowest BCUT2D eigenvalue weighted by molar-refractivity contribution is 0.0736. The molecule has 0 aliphatic carbocycles. The van der Waals surface area contributed by atoms with E-state index in [1.54, 1.807) is 36.4 Å². The highest BCUT2D eigenvalue weighted by Gasteiger charge is 2.16. The van der Waals surface area contributed by atoms with Gasteiger partial charge in [0, 0.05) is 6.07 Å². The molecule has 0 saturated carbocycles. The zero-order valence-corrected chi connectivity index (χ0v) is 13.1. The fraction of sp³-hybridized carbons (Fsp3) is 0.111. The quantitative estimate of drug-likeness (QED) is 0.542. The van der Waals surface area contributed by atoms with Crippen LogP contribution < -0.4 is 19.8 Å². The minimum Gasteiger partial charge on any atom is -0.493 e. The van der Waals surface area contributed by atoms with Crippen LogP contribution in [0.1, 0.15) is 10.4 Å². The van der Waals surface area contributed by atoms with Gasteiger partial charge in [-0.05, 0) is 18.2 Å². The normalized spacial score (nSPS) is 10.4. The second kappa shape index (κ2) is 6.45. The highest BCUT2D eigenvalue weighted by Crippen LogP contribution is 2.35. The number of esters is 1. The number of ether oxygens (including phenoxy) is 3. The SMILES string of the molecule is COc1cc2oc(=O)cc(OC(=O)c3ccccc3)c2cc1OC. The topological polar surface area (TPSA) is 75.0 Å². The first-order valence-corrected chi connectivity index (χ1v) is 7.09. The standard InChI is InChI=1S/C18H14O6/c1-21-15-8-12-13(9-16(15)22-2)23-17(19)10-14(12)24-18(20)11-6-4-3-5-7-11/h3-10H,1-2H3. The Morgan fingerprint density at radius 2 is 1.58 bits per heavy atom. The molecule has 2 aromatic carbocycles. The molecule has 1 aromatic heterocycles. The fourth-order valence-electron chi connectivity index (χ4n) is 2.28. The summed E-state index contributed by atoms with van der Waals surface area (Å²) in [6.07, 6.45) is 0. The number of hydrogen-bond donors (Lipinski definition) is 0. The number of rotatable bonds is 4. The van der Waals surface area contributed by atoms with Gasteiger partial charge in [0.05, 0.1) is 31.2 Å². The molecule has 3 rings (SSSR count). The maximum atomic E-state index is 12.2. The third kappa shape index (κ3) is 2.94. The van der Waals surface area contributed by atoms with Crippen molar-refractivity contribution in [2.45, 2.75) is 0 Å². The molecule has 0 atom stereocenters. The van der Waals surface area contributed by atoms with Crippen LogP contribution in [0.15, 0.2) is 57.7 Å². The lowest BCUT2D eigenvalue weighted by Crippen LogP contribution is -2.10. The van der Waals surface area contributed by atoms with E-state index in [0.717, 1.165) is 6.07 Å². The monoisotopic (exact) mass is 326 g/mol. The third-order valence-corrected chi connectivity index (χ3v) is 3.42. The van der Waals surface area contributed by atoms with E-state index in [1.807, 2.05) is 0 Å². The summed E-state index contributed by atoms with van der Waals surface area (Å²) in [5, 5.41) is 0.427. The van der Waals surface area contributed by atoms with Crippen molar-refractivity contribution in [3.8, 4) is 17.2 Å². The molecule has 122 valence electrons. The van der Waals surface area contributed by atoms with Gasteiger partial charge < -0.3 is 18.6 Å². The lowest BCUT2D eigenvalue weighted by Gasteiger charge is -2.11. The number of benzene rings is 2. The van der Waals surface area contributed by atoms with E-state index in [0.29, 0.717) is 22.4 Å². The minimum atomic E-state index is -0.634. The maximum Gasteiger partial charge on any atom is 0.343 e. The zero-order chi connectivity index (χ0) is 17.1. The molecule has 0 fully saturated rings. The van der Waals surface area contributed by atoms with Crippen LogP contribution in [0.4, 0.5) is 0 Å². The first kappa shape index (κ1) is 15.6. The van der Waals surface area contributed by atoms with Crippen molar-refractivity contribution in [1.82, 2.24) is 0 Å². The van der Waals surface area contributed by atoms with Crippen molar-refractivity contribution in [2.75, 3.05) is 14.2 Å². The van der Waals surface area contributed by atoms with Crippen LogP contribution in [0, 0.1) is 0 Å². The van der Waals surface area contributed by atoms with Gasteiger partial charge in [-0.1, -0.05) is 18.2 Å². The van der Waals surface area contributed by atoms with Crippen molar-refractivity contribution in [3.63, 3.8) is 0 Å². The Morgan fingerprint density at radius 3 is 2.25 bits per heavy atom. The minimum absolute atomic E-state index is 0.0936. The van der Waals surface area contributed by atoms with E-state index >= 15 is 0 Å². The van der Waals surface area contributed by atoms with Crippen LogP contribution in [-0.4, -0.2) is 20.2 Å². The van der Waals surface area contributed by atoms with Gasteiger partial charge in [0.25, 0.3) is 0 Å². The first-order chi connectivity index (χ1) is 11.6. The highest BCUT2D eigenvalue weighted by molar-refractivity contribution is 5.94. The predicted molar refractivity (Wildman–Crippen MR) is 87.0 cm³/mol. The molecule has 24 heavy (non-hydrogen) atoms. The average Bonchev–Trinajstić information content (AvgIpc) is 2.61. The van der Waals surface area contributed by atoms with Gasteiger partial charge >= 0.3 is 11.6 Å². The molecule has 0 aliphatic rings.